The molecule has 0 saturated heterocycles. The molecule has 1 rings (SSSR count). The molecule has 0 fully saturated rings. The molecule has 0 spiro atoms. The Morgan fingerprint density at radius 2 is 2.29 bits per heavy atom. The highest BCUT2D eigenvalue weighted by Crippen LogP contribution is 2.22. The maximum absolute atomic E-state index is 5.25. The van der Waals surface area contributed by atoms with Crippen molar-refractivity contribution in [2.45, 2.75) is 52.1 Å². The fraction of sp³-hybridized carbons (Fsp3) is 0.923. The minimum Gasteiger partial charge on any atom is -0.383 e. The Kier molecular flexibility index (Phi) is 6.97. The Labute approximate surface area is 110 Å². The average molecular weight is 258 g/mol. The number of nitrogens with zero attached hydrogens (tertiary/aromatic N) is 1. The maximum atomic E-state index is 5.25. The summed E-state index contributed by atoms with van der Waals surface area (Å²) >= 11 is 1.85. The van der Waals surface area contributed by atoms with Crippen LogP contribution in [-0.2, 0) is 4.74 Å². The van der Waals surface area contributed by atoms with E-state index in [-0.39, 0.29) is 0 Å². The van der Waals surface area contributed by atoms with Crippen LogP contribution in [0.1, 0.15) is 40.0 Å². The highest BCUT2D eigenvalue weighted by Gasteiger charge is 2.20. The van der Waals surface area contributed by atoms with E-state index in [1.54, 1.807) is 7.11 Å². The maximum Gasteiger partial charge on any atom is 0.157 e. The predicted octanol–water partition coefficient (Wildman–Crippen LogP) is 2.91. The lowest BCUT2D eigenvalue weighted by atomic mass is 10.0. The molecule has 2 atom stereocenters. The molecular weight excluding hydrogens is 232 g/mol. The van der Waals surface area contributed by atoms with Gasteiger partial charge in [-0.25, -0.2) is 0 Å². The fourth-order valence-electron chi connectivity index (χ4n) is 2.01. The molecule has 4 heteroatoms. The molecule has 3 nitrogen and oxygen atoms in total. The Hall–Kier alpha value is -0.220. The summed E-state index contributed by atoms with van der Waals surface area (Å²) in [6.45, 7) is 7.47. The second-order valence-electron chi connectivity index (χ2n) is 4.97. The molecule has 0 aliphatic carbocycles. The number of nitrogens with one attached hydrogen (secondary N) is 1. The number of thioether (sulfide) groups is 1. The largest absolute Gasteiger partial charge is 0.383 e. The first-order chi connectivity index (χ1) is 8.17. The SMILES string of the molecule is CCCC(COC)NC1=NC(C(C)C)CCS1. The molecule has 2 unspecified atom stereocenters. The van der Waals surface area contributed by atoms with Gasteiger partial charge in [0.15, 0.2) is 5.17 Å². The van der Waals surface area contributed by atoms with Gasteiger partial charge in [0.25, 0.3) is 0 Å². The molecule has 0 aromatic rings. The van der Waals surface area contributed by atoms with E-state index in [0.29, 0.717) is 18.0 Å². The van der Waals surface area contributed by atoms with E-state index in [1.165, 1.54) is 18.6 Å². The number of aliphatic imine (C=N–C) groups is 1. The molecule has 1 aliphatic heterocycles. The standard InChI is InChI=1S/C13H26N2OS/c1-5-6-11(9-16-4)14-13-15-12(10(2)3)7-8-17-13/h10-12H,5-9H2,1-4H3,(H,14,15). The number of hydrogen-bond donors (Lipinski definition) is 1. The van der Waals surface area contributed by atoms with Crippen molar-refractivity contribution in [1.29, 1.82) is 0 Å². The van der Waals surface area contributed by atoms with Crippen molar-refractivity contribution in [3.63, 3.8) is 0 Å². The van der Waals surface area contributed by atoms with Gasteiger partial charge in [0.2, 0.25) is 0 Å². The molecule has 0 bridgehead atoms. The molecule has 1 heterocycles. The highest BCUT2D eigenvalue weighted by molar-refractivity contribution is 8.13. The third-order valence-electron chi connectivity index (χ3n) is 3.04. The van der Waals surface area contributed by atoms with Gasteiger partial charge in [-0.1, -0.05) is 39.0 Å². The van der Waals surface area contributed by atoms with Gasteiger partial charge in [-0.05, 0) is 18.8 Å². The van der Waals surface area contributed by atoms with E-state index in [9.17, 15) is 0 Å². The van der Waals surface area contributed by atoms with Crippen molar-refractivity contribution < 1.29 is 4.74 Å². The molecule has 0 aromatic heterocycles. The molecule has 0 aromatic carbocycles. The van der Waals surface area contributed by atoms with E-state index in [2.05, 4.69) is 26.1 Å². The summed E-state index contributed by atoms with van der Waals surface area (Å²) < 4.78 is 5.25. The smallest absolute Gasteiger partial charge is 0.157 e. The second-order valence-corrected chi connectivity index (χ2v) is 6.05. The summed E-state index contributed by atoms with van der Waals surface area (Å²) in [5.41, 5.74) is 0. The summed E-state index contributed by atoms with van der Waals surface area (Å²) in [6, 6.07) is 0.894. The van der Waals surface area contributed by atoms with Gasteiger partial charge in [0.05, 0.1) is 18.7 Å². The van der Waals surface area contributed by atoms with Crippen molar-refractivity contribution in [3.05, 3.63) is 0 Å². The monoisotopic (exact) mass is 258 g/mol. The van der Waals surface area contributed by atoms with E-state index in [0.717, 1.165) is 18.2 Å². The number of amidine groups is 1. The minimum absolute atomic E-state index is 0.405. The Balaban J connectivity index is 2.52. The van der Waals surface area contributed by atoms with Gasteiger partial charge in [-0.2, -0.15) is 0 Å². The van der Waals surface area contributed by atoms with Crippen LogP contribution in [0.2, 0.25) is 0 Å². The van der Waals surface area contributed by atoms with E-state index in [4.69, 9.17) is 9.73 Å². The van der Waals surface area contributed by atoms with Crippen LogP contribution in [0.5, 0.6) is 0 Å². The lowest BCUT2D eigenvalue weighted by Crippen LogP contribution is -2.39. The van der Waals surface area contributed by atoms with Crippen LogP contribution >= 0.6 is 11.8 Å². The summed E-state index contributed by atoms with van der Waals surface area (Å²) in [4.78, 5) is 4.80. The molecule has 0 saturated carbocycles. The molecule has 1 aliphatic rings. The quantitative estimate of drug-likeness (QED) is 0.795. The van der Waals surface area contributed by atoms with Gasteiger partial charge in [-0.15, -0.1) is 0 Å². The van der Waals surface area contributed by atoms with Gasteiger partial charge in [0, 0.05) is 12.9 Å². The second kappa shape index (κ2) is 7.98. The molecule has 0 amide bonds. The third-order valence-corrected chi connectivity index (χ3v) is 3.97. The van der Waals surface area contributed by atoms with E-state index >= 15 is 0 Å². The van der Waals surface area contributed by atoms with Crippen molar-refractivity contribution in [2.24, 2.45) is 10.9 Å². The van der Waals surface area contributed by atoms with Crippen LogP contribution in [-0.4, -0.2) is 36.7 Å². The minimum atomic E-state index is 0.405. The van der Waals surface area contributed by atoms with E-state index in [1.807, 2.05) is 11.8 Å². The third kappa shape index (κ3) is 5.30. The predicted molar refractivity (Wildman–Crippen MR) is 76.8 cm³/mol. The molecule has 100 valence electrons. The zero-order valence-corrected chi connectivity index (χ0v) is 12.3. The number of methoxy groups -OCH3 is 1. The summed E-state index contributed by atoms with van der Waals surface area (Å²) in [7, 11) is 1.76. The summed E-state index contributed by atoms with van der Waals surface area (Å²) in [5.74, 6) is 1.82. The van der Waals surface area contributed by atoms with Crippen LogP contribution in [0.15, 0.2) is 4.99 Å². The molecule has 17 heavy (non-hydrogen) atoms. The van der Waals surface area contributed by atoms with Crippen molar-refractivity contribution in [1.82, 2.24) is 5.32 Å². The number of hydrogen-bond acceptors (Lipinski definition) is 4. The highest BCUT2D eigenvalue weighted by atomic mass is 32.2. The number of ether oxygens (including phenoxy) is 1. The first kappa shape index (κ1) is 14.8. The number of rotatable bonds is 6. The average Bonchev–Trinajstić information content (AvgIpc) is 2.30. The van der Waals surface area contributed by atoms with Crippen LogP contribution < -0.4 is 5.32 Å². The van der Waals surface area contributed by atoms with Gasteiger partial charge in [0.1, 0.15) is 0 Å². The Morgan fingerprint density at radius 3 is 2.88 bits per heavy atom. The lowest BCUT2D eigenvalue weighted by Gasteiger charge is -2.26. The van der Waals surface area contributed by atoms with Gasteiger partial charge < -0.3 is 10.1 Å². The van der Waals surface area contributed by atoms with Crippen molar-refractivity contribution in [2.75, 3.05) is 19.5 Å². The zero-order valence-electron chi connectivity index (χ0n) is 11.5. The first-order valence-corrected chi connectivity index (χ1v) is 7.62. The Morgan fingerprint density at radius 1 is 1.53 bits per heavy atom. The molecule has 1 N–H and O–H groups in total. The fourth-order valence-corrected chi connectivity index (χ4v) is 3.02. The first-order valence-electron chi connectivity index (χ1n) is 6.63. The summed E-state index contributed by atoms with van der Waals surface area (Å²) in [5, 5.41) is 4.65. The van der Waals surface area contributed by atoms with Gasteiger partial charge in [-0.3, -0.25) is 4.99 Å². The molecule has 0 radical (unpaired) electrons. The van der Waals surface area contributed by atoms with Crippen LogP contribution in [0.25, 0.3) is 0 Å². The van der Waals surface area contributed by atoms with E-state index < -0.39 is 0 Å². The van der Waals surface area contributed by atoms with Gasteiger partial charge >= 0.3 is 0 Å². The Bertz CT molecular complexity index is 238. The zero-order chi connectivity index (χ0) is 12.7. The van der Waals surface area contributed by atoms with Crippen molar-refractivity contribution in [3.8, 4) is 0 Å². The van der Waals surface area contributed by atoms with Crippen LogP contribution in [0.3, 0.4) is 0 Å². The van der Waals surface area contributed by atoms with Crippen LogP contribution in [0, 0.1) is 5.92 Å². The van der Waals surface area contributed by atoms with Crippen LogP contribution in [0.4, 0.5) is 0 Å². The normalized spacial score (nSPS) is 22.4. The molecular formula is C13H26N2OS. The summed E-state index contributed by atoms with van der Waals surface area (Å²) in [6.07, 6.45) is 3.52. The lowest BCUT2D eigenvalue weighted by molar-refractivity contribution is 0.170. The van der Waals surface area contributed by atoms with Crippen molar-refractivity contribution >= 4 is 16.9 Å². The topological polar surface area (TPSA) is 33.6 Å².